The lowest BCUT2D eigenvalue weighted by molar-refractivity contribution is -0.113. The normalized spacial score (nSPS) is 14.9. The zero-order valence-corrected chi connectivity index (χ0v) is 14.2. The molecule has 0 aliphatic carbocycles. The molecule has 124 valence electrons. The molecule has 0 saturated heterocycles. The SMILES string of the molecule is CCCN1C(=O)/C(=C\c2cccc(OC)c2OC)c2ccccc21. The fraction of sp³-hybridized carbons (Fsp3) is 0.250. The molecular weight excluding hydrogens is 302 g/mol. The first-order chi connectivity index (χ1) is 11.7. The van der Waals surface area contributed by atoms with Gasteiger partial charge in [0.1, 0.15) is 0 Å². The van der Waals surface area contributed by atoms with E-state index in [1.807, 2.05) is 53.4 Å². The molecule has 4 heteroatoms. The van der Waals surface area contributed by atoms with Gasteiger partial charge in [0.2, 0.25) is 0 Å². The van der Waals surface area contributed by atoms with E-state index in [1.165, 1.54) is 0 Å². The minimum absolute atomic E-state index is 0.0305. The van der Waals surface area contributed by atoms with Gasteiger partial charge < -0.3 is 14.4 Å². The van der Waals surface area contributed by atoms with Crippen LogP contribution in [0.15, 0.2) is 42.5 Å². The van der Waals surface area contributed by atoms with Crippen molar-refractivity contribution in [2.45, 2.75) is 13.3 Å². The minimum Gasteiger partial charge on any atom is -0.493 e. The second-order valence-electron chi connectivity index (χ2n) is 5.61. The van der Waals surface area contributed by atoms with E-state index in [9.17, 15) is 4.79 Å². The Balaban J connectivity index is 2.13. The number of nitrogens with zero attached hydrogens (tertiary/aromatic N) is 1. The summed E-state index contributed by atoms with van der Waals surface area (Å²) in [6.07, 6.45) is 2.80. The van der Waals surface area contributed by atoms with Crippen molar-refractivity contribution < 1.29 is 14.3 Å². The second-order valence-corrected chi connectivity index (χ2v) is 5.61. The van der Waals surface area contributed by atoms with Crippen LogP contribution in [0.1, 0.15) is 24.5 Å². The number of amides is 1. The third-order valence-corrected chi connectivity index (χ3v) is 4.14. The van der Waals surface area contributed by atoms with E-state index < -0.39 is 0 Å². The van der Waals surface area contributed by atoms with Gasteiger partial charge >= 0.3 is 0 Å². The Kier molecular flexibility index (Phi) is 4.56. The molecule has 0 bridgehead atoms. The summed E-state index contributed by atoms with van der Waals surface area (Å²) in [7, 11) is 3.21. The first-order valence-corrected chi connectivity index (χ1v) is 8.05. The van der Waals surface area contributed by atoms with Crippen LogP contribution in [0.2, 0.25) is 0 Å². The average Bonchev–Trinajstić information content (AvgIpc) is 2.88. The van der Waals surface area contributed by atoms with Crippen molar-refractivity contribution in [3.8, 4) is 11.5 Å². The van der Waals surface area contributed by atoms with Gasteiger partial charge in [0.05, 0.1) is 19.9 Å². The van der Waals surface area contributed by atoms with Crippen molar-refractivity contribution in [3.63, 3.8) is 0 Å². The second kappa shape index (κ2) is 6.79. The van der Waals surface area contributed by atoms with Crippen LogP contribution < -0.4 is 14.4 Å². The third kappa shape index (κ3) is 2.64. The van der Waals surface area contributed by atoms with E-state index >= 15 is 0 Å². The van der Waals surface area contributed by atoms with Gasteiger partial charge in [-0.15, -0.1) is 0 Å². The zero-order chi connectivity index (χ0) is 17.1. The predicted molar refractivity (Wildman–Crippen MR) is 96.5 cm³/mol. The van der Waals surface area contributed by atoms with E-state index in [0.29, 0.717) is 23.6 Å². The van der Waals surface area contributed by atoms with Gasteiger partial charge in [0.15, 0.2) is 11.5 Å². The molecule has 1 heterocycles. The van der Waals surface area contributed by atoms with Gasteiger partial charge in [0, 0.05) is 23.2 Å². The maximum atomic E-state index is 12.9. The topological polar surface area (TPSA) is 38.8 Å². The Bertz CT molecular complexity index is 795. The monoisotopic (exact) mass is 323 g/mol. The Morgan fingerprint density at radius 1 is 1.04 bits per heavy atom. The molecule has 0 radical (unpaired) electrons. The molecule has 1 amide bonds. The van der Waals surface area contributed by atoms with Crippen molar-refractivity contribution in [3.05, 3.63) is 53.6 Å². The molecule has 1 aliphatic rings. The maximum Gasteiger partial charge on any atom is 0.258 e. The summed E-state index contributed by atoms with van der Waals surface area (Å²) >= 11 is 0. The molecule has 0 N–H and O–H groups in total. The van der Waals surface area contributed by atoms with Crippen LogP contribution in [0.5, 0.6) is 11.5 Å². The molecule has 1 aliphatic heterocycles. The maximum absolute atomic E-state index is 12.9. The molecule has 0 fully saturated rings. The number of hydrogen-bond acceptors (Lipinski definition) is 3. The first-order valence-electron chi connectivity index (χ1n) is 8.05. The summed E-state index contributed by atoms with van der Waals surface area (Å²) in [5, 5.41) is 0. The van der Waals surface area contributed by atoms with Gasteiger partial charge in [-0.3, -0.25) is 4.79 Å². The highest BCUT2D eigenvalue weighted by atomic mass is 16.5. The van der Waals surface area contributed by atoms with E-state index in [2.05, 4.69) is 6.92 Å². The van der Waals surface area contributed by atoms with Gasteiger partial charge in [-0.25, -0.2) is 0 Å². The highest BCUT2D eigenvalue weighted by molar-refractivity contribution is 6.35. The van der Waals surface area contributed by atoms with Crippen molar-refractivity contribution in [2.75, 3.05) is 25.7 Å². The predicted octanol–water partition coefficient (Wildman–Crippen LogP) is 4.00. The lowest BCUT2D eigenvalue weighted by atomic mass is 10.0. The van der Waals surface area contributed by atoms with Crippen LogP contribution in [-0.2, 0) is 4.79 Å². The molecular formula is C20H21NO3. The van der Waals surface area contributed by atoms with Crippen LogP contribution in [0.3, 0.4) is 0 Å². The summed E-state index contributed by atoms with van der Waals surface area (Å²) in [6, 6.07) is 13.6. The van der Waals surface area contributed by atoms with Crippen molar-refractivity contribution in [2.24, 2.45) is 0 Å². The van der Waals surface area contributed by atoms with Gasteiger partial charge in [0.25, 0.3) is 5.91 Å². The first kappa shape index (κ1) is 16.1. The number of rotatable bonds is 5. The molecule has 0 unspecified atom stereocenters. The molecule has 3 rings (SSSR count). The smallest absolute Gasteiger partial charge is 0.258 e. The number of para-hydroxylation sites is 2. The Hall–Kier alpha value is -2.75. The van der Waals surface area contributed by atoms with Gasteiger partial charge in [-0.1, -0.05) is 37.3 Å². The molecule has 2 aromatic rings. The molecule has 4 nitrogen and oxygen atoms in total. The highest BCUT2D eigenvalue weighted by Crippen LogP contribution is 2.40. The zero-order valence-electron chi connectivity index (χ0n) is 14.2. The molecule has 0 spiro atoms. The lowest BCUT2D eigenvalue weighted by Gasteiger charge is -2.15. The minimum atomic E-state index is 0.0305. The van der Waals surface area contributed by atoms with E-state index in [-0.39, 0.29) is 5.91 Å². The average molecular weight is 323 g/mol. The number of methoxy groups -OCH3 is 2. The number of fused-ring (bicyclic) bond motifs is 1. The number of ether oxygens (including phenoxy) is 2. The number of carbonyl (C=O) groups excluding carboxylic acids is 1. The highest BCUT2D eigenvalue weighted by Gasteiger charge is 2.31. The number of anilines is 1. The number of carbonyl (C=O) groups is 1. The van der Waals surface area contributed by atoms with E-state index in [4.69, 9.17) is 9.47 Å². The summed E-state index contributed by atoms with van der Waals surface area (Å²) in [4.78, 5) is 14.7. The molecule has 2 aromatic carbocycles. The Labute approximate surface area is 142 Å². The quantitative estimate of drug-likeness (QED) is 0.781. The van der Waals surface area contributed by atoms with Crippen molar-refractivity contribution >= 4 is 23.2 Å². The summed E-state index contributed by atoms with van der Waals surface area (Å²) in [5.41, 5.74) is 3.44. The van der Waals surface area contributed by atoms with Crippen LogP contribution in [0, 0.1) is 0 Å². The van der Waals surface area contributed by atoms with Crippen molar-refractivity contribution in [1.82, 2.24) is 0 Å². The fourth-order valence-corrected chi connectivity index (χ4v) is 3.07. The third-order valence-electron chi connectivity index (χ3n) is 4.14. The molecule has 24 heavy (non-hydrogen) atoms. The summed E-state index contributed by atoms with van der Waals surface area (Å²) in [6.45, 7) is 2.78. The largest absolute Gasteiger partial charge is 0.493 e. The fourth-order valence-electron chi connectivity index (χ4n) is 3.07. The van der Waals surface area contributed by atoms with Gasteiger partial charge in [-0.05, 0) is 24.6 Å². The Morgan fingerprint density at radius 3 is 2.54 bits per heavy atom. The van der Waals surface area contributed by atoms with Crippen molar-refractivity contribution in [1.29, 1.82) is 0 Å². The summed E-state index contributed by atoms with van der Waals surface area (Å²) < 4.78 is 10.8. The standard InChI is InChI=1S/C20H21NO3/c1-4-12-21-17-10-6-5-9-15(17)16(20(21)22)13-14-8-7-11-18(23-2)19(14)24-3/h5-11,13H,4,12H2,1-3H3/b16-13-. The number of benzene rings is 2. The molecule has 0 saturated carbocycles. The number of hydrogen-bond donors (Lipinski definition) is 0. The van der Waals surface area contributed by atoms with E-state index in [1.54, 1.807) is 14.2 Å². The van der Waals surface area contributed by atoms with Crippen LogP contribution in [-0.4, -0.2) is 26.7 Å². The van der Waals surface area contributed by atoms with Crippen LogP contribution in [0.4, 0.5) is 5.69 Å². The summed E-state index contributed by atoms with van der Waals surface area (Å²) in [5.74, 6) is 1.31. The lowest BCUT2D eigenvalue weighted by Crippen LogP contribution is -2.26. The molecule has 0 aromatic heterocycles. The van der Waals surface area contributed by atoms with Crippen LogP contribution in [0.25, 0.3) is 11.6 Å². The van der Waals surface area contributed by atoms with Gasteiger partial charge in [-0.2, -0.15) is 0 Å². The Morgan fingerprint density at radius 2 is 1.83 bits per heavy atom. The van der Waals surface area contributed by atoms with Crippen LogP contribution >= 0.6 is 0 Å². The van der Waals surface area contributed by atoms with E-state index in [0.717, 1.165) is 23.2 Å². The molecule has 0 atom stereocenters.